The van der Waals surface area contributed by atoms with Crippen LogP contribution < -0.4 is 10.6 Å². The van der Waals surface area contributed by atoms with Crippen LogP contribution in [0.15, 0.2) is 12.1 Å². The minimum absolute atomic E-state index is 0.00186. The summed E-state index contributed by atoms with van der Waals surface area (Å²) in [5.41, 5.74) is 5.62. The summed E-state index contributed by atoms with van der Waals surface area (Å²) >= 11 is 0. The van der Waals surface area contributed by atoms with Gasteiger partial charge in [-0.15, -0.1) is 0 Å². The topological polar surface area (TPSA) is 85.3 Å². The zero-order valence-corrected chi connectivity index (χ0v) is 11.2. The largest absolute Gasteiger partial charge is 0.383 e. The van der Waals surface area contributed by atoms with E-state index >= 15 is 0 Å². The maximum atomic E-state index is 10.8. The van der Waals surface area contributed by atoms with Crippen LogP contribution in [0.4, 0.5) is 17.3 Å². The smallest absolute Gasteiger partial charge is 0.276 e. The van der Waals surface area contributed by atoms with Gasteiger partial charge in [-0.25, -0.2) is 4.98 Å². The average Bonchev–Trinajstić information content (AvgIpc) is 2.39. The van der Waals surface area contributed by atoms with Crippen molar-refractivity contribution in [2.45, 2.75) is 32.1 Å². The second-order valence-corrected chi connectivity index (χ2v) is 5.25. The van der Waals surface area contributed by atoms with Crippen molar-refractivity contribution in [1.82, 2.24) is 4.98 Å². The van der Waals surface area contributed by atoms with Gasteiger partial charge in [-0.3, -0.25) is 10.1 Å². The van der Waals surface area contributed by atoms with Crippen molar-refractivity contribution in [2.24, 2.45) is 5.92 Å². The lowest BCUT2D eigenvalue weighted by Gasteiger charge is -2.27. The van der Waals surface area contributed by atoms with Crippen LogP contribution in [-0.2, 0) is 0 Å². The lowest BCUT2D eigenvalue weighted by atomic mass is 9.89. The first-order valence-electron chi connectivity index (χ1n) is 6.69. The fourth-order valence-corrected chi connectivity index (χ4v) is 2.67. The second-order valence-electron chi connectivity index (χ2n) is 5.25. The molecule has 0 aromatic carbocycles. The molecule has 1 aliphatic rings. The highest BCUT2D eigenvalue weighted by Gasteiger charge is 2.18. The van der Waals surface area contributed by atoms with Crippen LogP contribution in [-0.4, -0.2) is 23.5 Å². The predicted molar refractivity (Wildman–Crippen MR) is 75.1 cm³/mol. The molecule has 1 aliphatic carbocycles. The highest BCUT2D eigenvalue weighted by atomic mass is 16.6. The van der Waals surface area contributed by atoms with E-state index in [4.69, 9.17) is 5.73 Å². The number of hydrogen-bond acceptors (Lipinski definition) is 5. The zero-order valence-electron chi connectivity index (χ0n) is 11.2. The van der Waals surface area contributed by atoms with Crippen LogP contribution in [0.25, 0.3) is 0 Å². The first kappa shape index (κ1) is 13.6. The molecule has 0 bridgehead atoms. The molecule has 1 saturated carbocycles. The van der Waals surface area contributed by atoms with Gasteiger partial charge >= 0.3 is 0 Å². The van der Waals surface area contributed by atoms with Gasteiger partial charge in [-0.2, -0.15) is 0 Å². The van der Waals surface area contributed by atoms with E-state index < -0.39 is 4.92 Å². The van der Waals surface area contributed by atoms with Gasteiger partial charge in [0.2, 0.25) is 0 Å². The van der Waals surface area contributed by atoms with Crippen LogP contribution in [0, 0.1) is 16.0 Å². The molecular weight excluding hydrogens is 244 g/mol. The van der Waals surface area contributed by atoms with E-state index in [0.717, 1.165) is 6.54 Å². The maximum absolute atomic E-state index is 10.8. The standard InChI is InChI=1S/C13H20N4O2/c1-16(9-10-5-3-2-4-6-10)13-8-11(17(18)19)7-12(14)15-13/h7-8,10H,2-6,9H2,1H3,(H2,14,15). The molecule has 0 radical (unpaired) electrons. The van der Waals surface area contributed by atoms with Crippen molar-refractivity contribution in [1.29, 1.82) is 0 Å². The zero-order chi connectivity index (χ0) is 13.8. The summed E-state index contributed by atoms with van der Waals surface area (Å²) in [5.74, 6) is 1.43. The van der Waals surface area contributed by atoms with Crippen molar-refractivity contribution in [3.63, 3.8) is 0 Å². The van der Waals surface area contributed by atoms with Crippen LogP contribution in [0.3, 0.4) is 0 Å². The molecule has 6 nitrogen and oxygen atoms in total. The number of nitrogens with two attached hydrogens (primary N) is 1. The van der Waals surface area contributed by atoms with E-state index in [1.807, 2.05) is 11.9 Å². The number of anilines is 2. The SMILES string of the molecule is CN(CC1CCCCC1)c1cc([N+](=O)[O-])cc(N)n1. The Morgan fingerprint density at radius 2 is 2.11 bits per heavy atom. The number of nitro groups is 1. The Kier molecular flexibility index (Phi) is 4.19. The third kappa shape index (κ3) is 3.56. The van der Waals surface area contributed by atoms with Crippen molar-refractivity contribution < 1.29 is 4.92 Å². The Bertz CT molecular complexity index is 458. The molecule has 0 spiro atoms. The Labute approximate surface area is 112 Å². The number of nitrogen functional groups attached to an aromatic ring is 1. The van der Waals surface area contributed by atoms with E-state index in [0.29, 0.717) is 11.7 Å². The summed E-state index contributed by atoms with van der Waals surface area (Å²) in [4.78, 5) is 16.5. The van der Waals surface area contributed by atoms with Crippen LogP contribution in [0.5, 0.6) is 0 Å². The highest BCUT2D eigenvalue weighted by Crippen LogP contribution is 2.27. The normalized spacial score (nSPS) is 16.3. The minimum atomic E-state index is -0.435. The monoisotopic (exact) mass is 264 g/mol. The van der Waals surface area contributed by atoms with E-state index in [2.05, 4.69) is 4.98 Å². The number of nitrogens with zero attached hydrogens (tertiary/aromatic N) is 3. The van der Waals surface area contributed by atoms with E-state index in [9.17, 15) is 10.1 Å². The quantitative estimate of drug-likeness (QED) is 0.667. The predicted octanol–water partition coefficient (Wildman–Crippen LogP) is 2.59. The van der Waals surface area contributed by atoms with Crippen molar-refractivity contribution >= 4 is 17.3 Å². The molecule has 1 aromatic rings. The van der Waals surface area contributed by atoms with Crippen molar-refractivity contribution in [2.75, 3.05) is 24.2 Å². The molecule has 2 N–H and O–H groups in total. The lowest BCUT2D eigenvalue weighted by molar-refractivity contribution is -0.384. The summed E-state index contributed by atoms with van der Waals surface area (Å²) in [6.45, 7) is 0.883. The number of pyridine rings is 1. The molecule has 104 valence electrons. The highest BCUT2D eigenvalue weighted by molar-refractivity contribution is 5.53. The van der Waals surface area contributed by atoms with Gasteiger partial charge in [0.15, 0.2) is 0 Å². The maximum Gasteiger partial charge on any atom is 0.276 e. The molecule has 0 aliphatic heterocycles. The molecule has 0 unspecified atom stereocenters. The lowest BCUT2D eigenvalue weighted by Crippen LogP contribution is -2.27. The van der Waals surface area contributed by atoms with E-state index in [-0.39, 0.29) is 11.5 Å². The molecule has 2 rings (SSSR count). The summed E-state index contributed by atoms with van der Waals surface area (Å²) in [7, 11) is 1.92. The Hall–Kier alpha value is -1.85. The molecule has 1 aromatic heterocycles. The summed E-state index contributed by atoms with van der Waals surface area (Å²) in [6.07, 6.45) is 6.34. The number of hydrogen-bond donors (Lipinski definition) is 1. The Morgan fingerprint density at radius 1 is 1.42 bits per heavy atom. The molecule has 1 heterocycles. The van der Waals surface area contributed by atoms with Gasteiger partial charge in [0.05, 0.1) is 17.1 Å². The minimum Gasteiger partial charge on any atom is -0.383 e. The first-order chi connectivity index (χ1) is 9.06. The van der Waals surface area contributed by atoms with Gasteiger partial charge in [0, 0.05) is 13.6 Å². The summed E-state index contributed by atoms with van der Waals surface area (Å²) in [5, 5.41) is 10.8. The summed E-state index contributed by atoms with van der Waals surface area (Å²) in [6, 6.07) is 2.77. The first-order valence-corrected chi connectivity index (χ1v) is 6.69. The molecule has 0 amide bonds. The van der Waals surface area contributed by atoms with Gasteiger partial charge in [-0.1, -0.05) is 19.3 Å². The number of aromatic nitrogens is 1. The Morgan fingerprint density at radius 3 is 2.74 bits per heavy atom. The third-order valence-corrected chi connectivity index (χ3v) is 3.68. The van der Waals surface area contributed by atoms with Crippen LogP contribution >= 0.6 is 0 Å². The van der Waals surface area contributed by atoms with Crippen LogP contribution in [0.1, 0.15) is 32.1 Å². The van der Waals surface area contributed by atoms with Gasteiger partial charge in [0.1, 0.15) is 11.6 Å². The molecule has 0 saturated heterocycles. The van der Waals surface area contributed by atoms with Gasteiger partial charge in [0.25, 0.3) is 5.69 Å². The van der Waals surface area contributed by atoms with Gasteiger partial charge < -0.3 is 10.6 Å². The number of rotatable bonds is 4. The molecule has 1 fully saturated rings. The fourth-order valence-electron chi connectivity index (χ4n) is 2.67. The molecular formula is C13H20N4O2. The fraction of sp³-hybridized carbons (Fsp3) is 0.615. The van der Waals surface area contributed by atoms with Crippen molar-refractivity contribution in [3.05, 3.63) is 22.2 Å². The van der Waals surface area contributed by atoms with E-state index in [1.165, 1.54) is 44.2 Å². The van der Waals surface area contributed by atoms with Crippen LogP contribution in [0.2, 0.25) is 0 Å². The molecule has 0 atom stereocenters. The average molecular weight is 264 g/mol. The Balaban J connectivity index is 2.09. The summed E-state index contributed by atoms with van der Waals surface area (Å²) < 4.78 is 0. The third-order valence-electron chi connectivity index (χ3n) is 3.68. The second kappa shape index (κ2) is 5.86. The van der Waals surface area contributed by atoms with E-state index in [1.54, 1.807) is 0 Å². The van der Waals surface area contributed by atoms with Crippen molar-refractivity contribution in [3.8, 4) is 0 Å². The van der Waals surface area contributed by atoms with Gasteiger partial charge in [-0.05, 0) is 18.8 Å². The molecule has 6 heteroatoms. The molecule has 19 heavy (non-hydrogen) atoms.